The van der Waals surface area contributed by atoms with Gasteiger partial charge in [0.1, 0.15) is 0 Å². The van der Waals surface area contributed by atoms with Gasteiger partial charge >= 0.3 is 0 Å². The summed E-state index contributed by atoms with van der Waals surface area (Å²) in [5, 5.41) is 17.2. The minimum absolute atomic E-state index is 0. The predicted octanol–water partition coefficient (Wildman–Crippen LogP) is -1.14. The van der Waals surface area contributed by atoms with Crippen LogP contribution in [0.1, 0.15) is 6.42 Å². The van der Waals surface area contributed by atoms with Crippen LogP contribution in [-0.4, -0.2) is 28.5 Å². The molecule has 0 spiro atoms. The molecular weight excluding hydrogens is 130 g/mol. The molecule has 3 nitrogen and oxygen atoms in total. The molecule has 0 aliphatic heterocycles. The quantitative estimate of drug-likeness (QED) is 0.398. The Morgan fingerprint density at radius 2 is 1.62 bits per heavy atom. The Morgan fingerprint density at radius 3 is 1.62 bits per heavy atom. The fourth-order valence-electron chi connectivity index (χ4n) is 0.622. The van der Waals surface area contributed by atoms with Crippen molar-refractivity contribution in [2.75, 3.05) is 0 Å². The van der Waals surface area contributed by atoms with E-state index in [4.69, 9.17) is 15.9 Å². The van der Waals surface area contributed by atoms with Crippen molar-refractivity contribution >= 4 is 12.4 Å². The van der Waals surface area contributed by atoms with Crippen molar-refractivity contribution in [2.45, 2.75) is 24.7 Å². The molecule has 1 rings (SSSR count). The highest BCUT2D eigenvalue weighted by atomic mass is 35.5. The Morgan fingerprint density at radius 1 is 1.25 bits per heavy atom. The van der Waals surface area contributed by atoms with Crippen LogP contribution in [0.3, 0.4) is 0 Å². The highest BCUT2D eigenvalue weighted by molar-refractivity contribution is 5.85. The van der Waals surface area contributed by atoms with E-state index in [2.05, 4.69) is 0 Å². The second-order valence-electron chi connectivity index (χ2n) is 1.95. The van der Waals surface area contributed by atoms with Crippen LogP contribution in [0.25, 0.3) is 0 Å². The van der Waals surface area contributed by atoms with E-state index >= 15 is 0 Å². The van der Waals surface area contributed by atoms with E-state index in [-0.39, 0.29) is 18.4 Å². The molecule has 0 aromatic rings. The Labute approximate surface area is 53.9 Å². The Hall–Kier alpha value is 0.170. The van der Waals surface area contributed by atoms with Gasteiger partial charge in [-0.3, -0.25) is 0 Å². The zero-order valence-electron chi connectivity index (χ0n) is 4.32. The van der Waals surface area contributed by atoms with Gasteiger partial charge < -0.3 is 15.9 Å². The van der Waals surface area contributed by atoms with Crippen molar-refractivity contribution in [1.82, 2.24) is 0 Å². The molecule has 1 aliphatic rings. The number of nitrogens with two attached hydrogens (primary N) is 1. The van der Waals surface area contributed by atoms with Crippen LogP contribution < -0.4 is 5.73 Å². The molecule has 1 saturated carbocycles. The van der Waals surface area contributed by atoms with Gasteiger partial charge in [0.05, 0.1) is 18.2 Å². The van der Waals surface area contributed by atoms with E-state index in [0.29, 0.717) is 6.42 Å². The standard InChI is InChI=1S/C4H9NO2.ClH/c5-4-2(6)1-3(4)7;/h2-4,6-7H,1,5H2;1H. The van der Waals surface area contributed by atoms with Crippen molar-refractivity contribution in [1.29, 1.82) is 0 Å². The molecule has 50 valence electrons. The maximum absolute atomic E-state index is 8.60. The summed E-state index contributed by atoms with van der Waals surface area (Å²) >= 11 is 0. The number of aliphatic hydroxyl groups is 2. The summed E-state index contributed by atoms with van der Waals surface area (Å²) < 4.78 is 0. The van der Waals surface area contributed by atoms with Gasteiger partial charge in [0.15, 0.2) is 0 Å². The predicted molar refractivity (Wildman–Crippen MR) is 31.9 cm³/mol. The molecule has 2 atom stereocenters. The van der Waals surface area contributed by atoms with Crippen molar-refractivity contribution in [3.63, 3.8) is 0 Å². The first-order chi connectivity index (χ1) is 3.22. The topological polar surface area (TPSA) is 66.5 Å². The third-order valence-electron chi connectivity index (χ3n) is 1.37. The van der Waals surface area contributed by atoms with Gasteiger partial charge in [0.25, 0.3) is 0 Å². The number of hydrogen-bond donors (Lipinski definition) is 3. The molecule has 0 radical (unpaired) electrons. The maximum Gasteiger partial charge on any atom is 0.0741 e. The van der Waals surface area contributed by atoms with Crippen LogP contribution in [0, 0.1) is 0 Å². The fraction of sp³-hybridized carbons (Fsp3) is 1.00. The second kappa shape index (κ2) is 2.64. The van der Waals surface area contributed by atoms with Gasteiger partial charge in [-0.15, -0.1) is 12.4 Å². The Balaban J connectivity index is 0.000000490. The lowest BCUT2D eigenvalue weighted by Gasteiger charge is -2.34. The highest BCUT2D eigenvalue weighted by Gasteiger charge is 2.34. The average Bonchev–Trinajstić information content (AvgIpc) is 1.68. The third-order valence-corrected chi connectivity index (χ3v) is 1.37. The molecule has 1 aliphatic carbocycles. The first kappa shape index (κ1) is 8.17. The fourth-order valence-corrected chi connectivity index (χ4v) is 0.622. The molecule has 4 N–H and O–H groups in total. The lowest BCUT2D eigenvalue weighted by Crippen LogP contribution is -2.56. The maximum atomic E-state index is 8.60. The van der Waals surface area contributed by atoms with E-state index in [1.165, 1.54) is 0 Å². The van der Waals surface area contributed by atoms with Gasteiger partial charge in [0.2, 0.25) is 0 Å². The van der Waals surface area contributed by atoms with Crippen molar-refractivity contribution in [3.05, 3.63) is 0 Å². The van der Waals surface area contributed by atoms with Gasteiger partial charge in [-0.1, -0.05) is 0 Å². The molecule has 0 amide bonds. The summed E-state index contributed by atoms with van der Waals surface area (Å²) in [7, 11) is 0. The summed E-state index contributed by atoms with van der Waals surface area (Å²) in [4.78, 5) is 0. The van der Waals surface area contributed by atoms with Crippen molar-refractivity contribution in [3.8, 4) is 0 Å². The first-order valence-corrected chi connectivity index (χ1v) is 2.33. The number of rotatable bonds is 0. The molecule has 1 fully saturated rings. The Kier molecular flexibility index (Phi) is 2.70. The first-order valence-electron chi connectivity index (χ1n) is 2.33. The van der Waals surface area contributed by atoms with Crippen molar-refractivity contribution < 1.29 is 10.2 Å². The van der Waals surface area contributed by atoms with Crippen LogP contribution in [0.5, 0.6) is 0 Å². The van der Waals surface area contributed by atoms with Gasteiger partial charge in [0, 0.05) is 6.42 Å². The SMILES string of the molecule is Cl.NC1C(O)CC1O. The molecule has 0 bridgehead atoms. The molecule has 0 aromatic carbocycles. The zero-order chi connectivity index (χ0) is 5.44. The van der Waals surface area contributed by atoms with Gasteiger partial charge in [-0.2, -0.15) is 0 Å². The number of halogens is 1. The lowest BCUT2D eigenvalue weighted by atomic mass is 9.87. The smallest absolute Gasteiger partial charge is 0.0741 e. The minimum Gasteiger partial charge on any atom is -0.391 e. The molecule has 0 aromatic heterocycles. The molecule has 4 heteroatoms. The highest BCUT2D eigenvalue weighted by Crippen LogP contribution is 2.17. The van der Waals surface area contributed by atoms with Crippen LogP contribution in [0.15, 0.2) is 0 Å². The van der Waals surface area contributed by atoms with E-state index in [0.717, 1.165) is 0 Å². The summed E-state index contributed by atoms with van der Waals surface area (Å²) in [6.45, 7) is 0. The normalized spacial score (nSPS) is 44.6. The lowest BCUT2D eigenvalue weighted by molar-refractivity contribution is -0.0482. The summed E-state index contributed by atoms with van der Waals surface area (Å²) in [5.74, 6) is 0. The molecule has 8 heavy (non-hydrogen) atoms. The summed E-state index contributed by atoms with van der Waals surface area (Å²) in [6, 6.07) is -0.389. The van der Waals surface area contributed by atoms with E-state index < -0.39 is 12.2 Å². The zero-order valence-corrected chi connectivity index (χ0v) is 5.14. The van der Waals surface area contributed by atoms with Crippen LogP contribution in [0.4, 0.5) is 0 Å². The van der Waals surface area contributed by atoms with Gasteiger partial charge in [-0.25, -0.2) is 0 Å². The summed E-state index contributed by atoms with van der Waals surface area (Å²) in [6.07, 6.45) is -0.480. The average molecular weight is 140 g/mol. The molecule has 0 heterocycles. The molecule has 0 saturated heterocycles. The van der Waals surface area contributed by atoms with Crippen LogP contribution in [0.2, 0.25) is 0 Å². The third kappa shape index (κ3) is 1.11. The molecular formula is C4H10ClNO2. The van der Waals surface area contributed by atoms with E-state index in [9.17, 15) is 0 Å². The second-order valence-corrected chi connectivity index (χ2v) is 1.95. The van der Waals surface area contributed by atoms with Crippen LogP contribution in [-0.2, 0) is 0 Å². The van der Waals surface area contributed by atoms with E-state index in [1.54, 1.807) is 0 Å². The summed E-state index contributed by atoms with van der Waals surface area (Å²) in [5.41, 5.74) is 5.17. The molecule has 2 unspecified atom stereocenters. The minimum atomic E-state index is -0.463. The van der Waals surface area contributed by atoms with Crippen molar-refractivity contribution in [2.24, 2.45) is 5.73 Å². The van der Waals surface area contributed by atoms with Gasteiger partial charge in [-0.05, 0) is 0 Å². The van der Waals surface area contributed by atoms with E-state index in [1.807, 2.05) is 0 Å². The van der Waals surface area contributed by atoms with Crippen LogP contribution >= 0.6 is 12.4 Å². The Bertz CT molecular complexity index is 72.4. The number of hydrogen-bond acceptors (Lipinski definition) is 3. The largest absolute Gasteiger partial charge is 0.391 e. The number of aliphatic hydroxyl groups excluding tert-OH is 2. The monoisotopic (exact) mass is 139 g/mol.